The minimum absolute atomic E-state index is 0.193. The van der Waals surface area contributed by atoms with E-state index in [0.29, 0.717) is 17.8 Å². The molecule has 0 spiro atoms. The van der Waals surface area contributed by atoms with Crippen LogP contribution in [0.2, 0.25) is 0 Å². The van der Waals surface area contributed by atoms with Gasteiger partial charge in [-0.1, -0.05) is 133 Å². The van der Waals surface area contributed by atoms with Gasteiger partial charge in [0.1, 0.15) is 16.9 Å². The molecule has 0 saturated heterocycles. The Kier molecular flexibility index (Phi) is 8.86. The number of fused-ring (bicyclic) bond motifs is 4. The summed E-state index contributed by atoms with van der Waals surface area (Å²) in [5.74, 6) is 0.193. The van der Waals surface area contributed by atoms with Crippen LogP contribution in [0.5, 0.6) is 5.75 Å². The number of pyridine rings is 2. The number of para-hydroxylation sites is 3. The van der Waals surface area contributed by atoms with E-state index in [1.54, 1.807) is 6.07 Å². The van der Waals surface area contributed by atoms with Crippen molar-refractivity contribution in [3.05, 3.63) is 211 Å². The van der Waals surface area contributed by atoms with Gasteiger partial charge < -0.3 is 14.1 Å². The van der Waals surface area contributed by atoms with Crippen molar-refractivity contribution in [2.45, 2.75) is 13.5 Å². The number of phenols is 1. The number of aromatic nitrogens is 3. The van der Waals surface area contributed by atoms with Crippen molar-refractivity contribution >= 4 is 32.8 Å². The predicted molar refractivity (Wildman–Crippen MR) is 249 cm³/mol. The maximum Gasteiger partial charge on any atom is 0.136 e. The van der Waals surface area contributed by atoms with Crippen LogP contribution in [0.15, 0.2) is 205 Å². The van der Waals surface area contributed by atoms with E-state index in [4.69, 9.17) is 14.4 Å². The predicted octanol–water partition coefficient (Wildman–Crippen LogP) is 14.4. The van der Waals surface area contributed by atoms with Gasteiger partial charge in [0, 0.05) is 61.7 Å². The minimum Gasteiger partial charge on any atom is -0.507 e. The maximum absolute atomic E-state index is 10.9. The van der Waals surface area contributed by atoms with Crippen molar-refractivity contribution in [1.29, 1.82) is 0 Å². The Morgan fingerprint density at radius 2 is 1.10 bits per heavy atom. The quantitative estimate of drug-likeness (QED) is 0.167. The molecule has 0 bridgehead atoms. The number of hydrogen-bond donors (Lipinski definition) is 1. The lowest BCUT2D eigenvalue weighted by Crippen LogP contribution is -2.03. The van der Waals surface area contributed by atoms with E-state index in [1.807, 2.05) is 54.6 Å². The van der Waals surface area contributed by atoms with Gasteiger partial charge >= 0.3 is 0 Å². The van der Waals surface area contributed by atoms with E-state index in [1.165, 1.54) is 10.9 Å². The number of aryl methyl sites for hydroxylation is 1. The van der Waals surface area contributed by atoms with Gasteiger partial charge in [0.2, 0.25) is 0 Å². The lowest BCUT2D eigenvalue weighted by Gasteiger charge is -2.16. The van der Waals surface area contributed by atoms with Crippen LogP contribution in [-0.4, -0.2) is 19.6 Å². The van der Waals surface area contributed by atoms with Gasteiger partial charge in [-0.2, -0.15) is 0 Å². The number of furan rings is 1. The molecule has 0 unspecified atom stereocenters. The molecule has 4 heterocycles. The summed E-state index contributed by atoms with van der Waals surface area (Å²) in [4.78, 5) is 10.3. The van der Waals surface area contributed by atoms with Crippen LogP contribution in [0, 0.1) is 6.92 Å². The molecule has 5 nitrogen and oxygen atoms in total. The van der Waals surface area contributed by atoms with Gasteiger partial charge in [0.05, 0.1) is 22.8 Å². The molecule has 4 aromatic heterocycles. The van der Waals surface area contributed by atoms with Crippen LogP contribution in [0.3, 0.4) is 0 Å². The monoisotopic (exact) mass is 785 g/mol. The highest BCUT2D eigenvalue weighted by atomic mass is 16.3. The number of nitrogens with zero attached hydrogens (tertiary/aromatic N) is 3. The van der Waals surface area contributed by atoms with Crippen molar-refractivity contribution < 1.29 is 9.52 Å². The third kappa shape index (κ3) is 6.63. The molecule has 0 amide bonds. The van der Waals surface area contributed by atoms with E-state index < -0.39 is 0 Å². The average Bonchev–Trinajstić information content (AvgIpc) is 3.84. The van der Waals surface area contributed by atoms with Gasteiger partial charge in [0.15, 0.2) is 0 Å². The van der Waals surface area contributed by atoms with Gasteiger partial charge in [0.25, 0.3) is 0 Å². The number of phenolic OH excluding ortho intramolecular Hbond substituents is 1. The fraction of sp³-hybridized carbons (Fsp3) is 0.0357. The Balaban J connectivity index is 1.09. The van der Waals surface area contributed by atoms with Crippen molar-refractivity contribution in [1.82, 2.24) is 14.5 Å². The van der Waals surface area contributed by atoms with E-state index >= 15 is 0 Å². The molecule has 61 heavy (non-hydrogen) atoms. The normalized spacial score (nSPS) is 11.5. The molecule has 11 aromatic rings. The molecule has 0 radical (unpaired) electrons. The van der Waals surface area contributed by atoms with Gasteiger partial charge in [-0.3, -0.25) is 4.98 Å². The Bertz CT molecular complexity index is 3420. The summed E-state index contributed by atoms with van der Waals surface area (Å²) in [6.07, 6.45) is 0. The van der Waals surface area contributed by atoms with Crippen LogP contribution in [0.4, 0.5) is 0 Å². The zero-order valence-electron chi connectivity index (χ0n) is 33.5. The van der Waals surface area contributed by atoms with E-state index in [2.05, 4.69) is 151 Å². The Morgan fingerprint density at radius 1 is 0.459 bits per heavy atom. The second-order valence-corrected chi connectivity index (χ2v) is 15.6. The van der Waals surface area contributed by atoms with Gasteiger partial charge in [-0.05, 0) is 95.9 Å². The van der Waals surface area contributed by atoms with E-state index in [-0.39, 0.29) is 5.75 Å². The third-order valence-corrected chi connectivity index (χ3v) is 11.6. The van der Waals surface area contributed by atoms with Crippen LogP contribution in [-0.2, 0) is 6.54 Å². The Morgan fingerprint density at radius 3 is 1.92 bits per heavy atom. The average molecular weight is 786 g/mol. The van der Waals surface area contributed by atoms with Crippen LogP contribution in [0.25, 0.3) is 100 Å². The maximum atomic E-state index is 10.9. The number of aromatic hydroxyl groups is 1. The molecule has 0 fully saturated rings. The van der Waals surface area contributed by atoms with Crippen LogP contribution < -0.4 is 0 Å². The standard InChI is InChI=1S/C56H39N3O2/c1-36-29-43(33-48(57-36)39-19-14-20-40(30-39)49-31-42(38-17-6-3-7-18-38)32-50(58-49)46-22-9-12-25-52(46)60)56-55(41-27-28-45-44-21-10-13-26-53(44)61-54(45)34-41)47-23-8-11-24-51(47)59(56)35-37-15-4-2-5-16-37/h2-34,60H,35H2,1H3. The summed E-state index contributed by atoms with van der Waals surface area (Å²) in [7, 11) is 0. The molecule has 0 aliphatic heterocycles. The molecule has 0 atom stereocenters. The first-order valence-electron chi connectivity index (χ1n) is 20.6. The van der Waals surface area contributed by atoms with Crippen molar-refractivity contribution in [2.75, 3.05) is 0 Å². The largest absolute Gasteiger partial charge is 0.507 e. The first-order chi connectivity index (χ1) is 30.0. The molecule has 0 aliphatic carbocycles. The summed E-state index contributed by atoms with van der Waals surface area (Å²) in [5.41, 5.74) is 16.6. The summed E-state index contributed by atoms with van der Waals surface area (Å²) in [5, 5.41) is 14.3. The highest BCUT2D eigenvalue weighted by molar-refractivity contribution is 6.09. The Labute approximate surface area is 353 Å². The lowest BCUT2D eigenvalue weighted by atomic mass is 9.95. The first kappa shape index (κ1) is 36.1. The number of rotatable bonds is 8. The van der Waals surface area contributed by atoms with E-state index in [0.717, 1.165) is 89.2 Å². The SMILES string of the molecule is Cc1cc(-c2c(-c3ccc4c(c3)oc3ccccc34)c3ccccc3n2Cc2ccccc2)cc(-c2cccc(-c3cc(-c4ccccc4)cc(-c4ccccc4O)n3)c2)n1. The highest BCUT2D eigenvalue weighted by Crippen LogP contribution is 2.44. The minimum atomic E-state index is 0.193. The van der Waals surface area contributed by atoms with Crippen molar-refractivity contribution in [2.24, 2.45) is 0 Å². The molecule has 5 heteroatoms. The molecule has 1 N–H and O–H groups in total. The molecule has 7 aromatic carbocycles. The highest BCUT2D eigenvalue weighted by Gasteiger charge is 2.23. The van der Waals surface area contributed by atoms with Crippen LogP contribution >= 0.6 is 0 Å². The second-order valence-electron chi connectivity index (χ2n) is 15.6. The molecular formula is C56H39N3O2. The first-order valence-corrected chi connectivity index (χ1v) is 20.6. The fourth-order valence-electron chi connectivity index (χ4n) is 8.80. The number of hydrogen-bond acceptors (Lipinski definition) is 4. The smallest absolute Gasteiger partial charge is 0.136 e. The Hall–Kier alpha value is -8.02. The van der Waals surface area contributed by atoms with Gasteiger partial charge in [-0.25, -0.2) is 4.98 Å². The zero-order valence-corrected chi connectivity index (χ0v) is 33.5. The van der Waals surface area contributed by atoms with Crippen molar-refractivity contribution in [3.63, 3.8) is 0 Å². The van der Waals surface area contributed by atoms with Crippen molar-refractivity contribution in [3.8, 4) is 73.0 Å². The molecule has 290 valence electrons. The van der Waals surface area contributed by atoms with Crippen LogP contribution in [0.1, 0.15) is 11.3 Å². The lowest BCUT2D eigenvalue weighted by molar-refractivity contribution is 0.477. The molecule has 11 rings (SSSR count). The zero-order chi connectivity index (χ0) is 40.9. The summed E-state index contributed by atoms with van der Waals surface area (Å²) < 4.78 is 8.91. The summed E-state index contributed by atoms with van der Waals surface area (Å²) in [6.45, 7) is 2.77. The topological polar surface area (TPSA) is 64.1 Å². The molecule has 0 aliphatic rings. The summed E-state index contributed by atoms with van der Waals surface area (Å²) in [6, 6.07) is 69.0. The number of benzene rings is 7. The second kappa shape index (κ2) is 15.0. The van der Waals surface area contributed by atoms with E-state index in [9.17, 15) is 5.11 Å². The molecular weight excluding hydrogens is 747 g/mol. The third-order valence-electron chi connectivity index (χ3n) is 11.6. The fourth-order valence-corrected chi connectivity index (χ4v) is 8.80. The molecule has 0 saturated carbocycles. The van der Waals surface area contributed by atoms with Gasteiger partial charge in [-0.15, -0.1) is 0 Å². The summed E-state index contributed by atoms with van der Waals surface area (Å²) >= 11 is 0.